The van der Waals surface area contributed by atoms with Crippen LogP contribution in [0.3, 0.4) is 0 Å². The third-order valence-corrected chi connectivity index (χ3v) is 5.48. The molecule has 9 heteroatoms. The van der Waals surface area contributed by atoms with E-state index >= 15 is 0 Å². The van der Waals surface area contributed by atoms with Crippen LogP contribution in [0.1, 0.15) is 24.8 Å². The van der Waals surface area contributed by atoms with Crippen molar-refractivity contribution in [1.82, 2.24) is 15.0 Å². The quantitative estimate of drug-likeness (QED) is 0.395. The molecule has 4 rings (SSSR count). The van der Waals surface area contributed by atoms with Gasteiger partial charge in [-0.2, -0.15) is 20.1 Å². The minimum absolute atomic E-state index is 0.346. The molecular formula is C21H21Cl2N7. The highest BCUT2D eigenvalue weighted by Crippen LogP contribution is 2.24. The van der Waals surface area contributed by atoms with Crippen LogP contribution in [0.5, 0.6) is 0 Å². The molecule has 0 spiro atoms. The predicted molar refractivity (Wildman–Crippen MR) is 123 cm³/mol. The molecule has 3 aromatic rings. The average molecular weight is 442 g/mol. The highest BCUT2D eigenvalue weighted by atomic mass is 35.5. The molecule has 0 bridgehead atoms. The van der Waals surface area contributed by atoms with Gasteiger partial charge in [-0.25, -0.2) is 5.43 Å². The first kappa shape index (κ1) is 20.4. The number of nitrogens with one attached hydrogen (secondary N) is 2. The van der Waals surface area contributed by atoms with Crippen molar-refractivity contribution < 1.29 is 0 Å². The van der Waals surface area contributed by atoms with E-state index in [1.165, 1.54) is 6.42 Å². The first-order chi connectivity index (χ1) is 14.7. The fraction of sp³-hybridized carbons (Fsp3) is 0.238. The second-order valence-corrected chi connectivity index (χ2v) is 7.62. The number of anilines is 4. The van der Waals surface area contributed by atoms with Crippen LogP contribution in [0.15, 0.2) is 53.6 Å². The molecule has 0 atom stereocenters. The van der Waals surface area contributed by atoms with Gasteiger partial charge in [0, 0.05) is 24.3 Å². The summed E-state index contributed by atoms with van der Waals surface area (Å²) >= 11 is 12.3. The lowest BCUT2D eigenvalue weighted by atomic mass is 10.1. The Balaban J connectivity index is 1.58. The van der Waals surface area contributed by atoms with Gasteiger partial charge in [-0.05, 0) is 37.5 Å². The Morgan fingerprint density at radius 1 is 0.867 bits per heavy atom. The van der Waals surface area contributed by atoms with Gasteiger partial charge in [-0.1, -0.05) is 53.5 Å². The van der Waals surface area contributed by atoms with Gasteiger partial charge in [-0.15, -0.1) is 0 Å². The molecule has 1 aromatic heterocycles. The van der Waals surface area contributed by atoms with Crippen molar-refractivity contribution in [2.45, 2.75) is 19.3 Å². The number of para-hydroxylation sites is 1. The first-order valence-corrected chi connectivity index (χ1v) is 10.5. The third-order valence-electron chi connectivity index (χ3n) is 4.64. The monoisotopic (exact) mass is 441 g/mol. The molecule has 1 saturated heterocycles. The van der Waals surface area contributed by atoms with Crippen molar-refractivity contribution in [1.29, 1.82) is 0 Å². The van der Waals surface area contributed by atoms with Crippen molar-refractivity contribution in [3.63, 3.8) is 0 Å². The van der Waals surface area contributed by atoms with Gasteiger partial charge in [0.1, 0.15) is 0 Å². The van der Waals surface area contributed by atoms with E-state index in [0.717, 1.165) is 31.6 Å². The number of rotatable bonds is 6. The predicted octanol–water partition coefficient (Wildman–Crippen LogP) is 5.36. The highest BCUT2D eigenvalue weighted by Gasteiger charge is 2.16. The maximum absolute atomic E-state index is 6.21. The van der Waals surface area contributed by atoms with Crippen molar-refractivity contribution in [3.05, 3.63) is 64.1 Å². The van der Waals surface area contributed by atoms with E-state index in [1.54, 1.807) is 12.3 Å². The van der Waals surface area contributed by atoms with E-state index in [1.807, 2.05) is 42.5 Å². The summed E-state index contributed by atoms with van der Waals surface area (Å²) in [5, 5.41) is 8.38. The molecule has 0 amide bonds. The number of hydrogen-bond donors (Lipinski definition) is 2. The lowest BCUT2D eigenvalue weighted by molar-refractivity contribution is 0.568. The van der Waals surface area contributed by atoms with Crippen molar-refractivity contribution >= 4 is 52.9 Å². The summed E-state index contributed by atoms with van der Waals surface area (Å²) in [4.78, 5) is 15.8. The van der Waals surface area contributed by atoms with Crippen LogP contribution in [0.4, 0.5) is 23.5 Å². The SMILES string of the molecule is Clc1cccc(C=NNc2nc(Nc3ccccc3)nc(N3CCCCC3)n2)c1Cl. The van der Waals surface area contributed by atoms with E-state index < -0.39 is 0 Å². The Labute approximate surface area is 185 Å². The summed E-state index contributed by atoms with van der Waals surface area (Å²) in [5.74, 6) is 1.43. The van der Waals surface area contributed by atoms with Gasteiger partial charge in [0.2, 0.25) is 17.8 Å². The Hall–Kier alpha value is -2.90. The van der Waals surface area contributed by atoms with E-state index in [0.29, 0.717) is 33.5 Å². The molecular weight excluding hydrogens is 421 g/mol. The molecule has 0 radical (unpaired) electrons. The Bertz CT molecular complexity index is 1020. The average Bonchev–Trinajstić information content (AvgIpc) is 2.78. The zero-order valence-electron chi connectivity index (χ0n) is 16.2. The second kappa shape index (κ2) is 9.73. The van der Waals surface area contributed by atoms with Gasteiger partial charge in [0.05, 0.1) is 16.3 Å². The maximum atomic E-state index is 6.21. The Kier molecular flexibility index (Phi) is 6.61. The fourth-order valence-electron chi connectivity index (χ4n) is 3.14. The van der Waals surface area contributed by atoms with E-state index in [-0.39, 0.29) is 0 Å². The summed E-state index contributed by atoms with van der Waals surface area (Å²) in [6.45, 7) is 1.85. The van der Waals surface area contributed by atoms with Crippen LogP contribution >= 0.6 is 23.2 Å². The number of hydrogen-bond acceptors (Lipinski definition) is 7. The molecule has 2 N–H and O–H groups in total. The molecule has 7 nitrogen and oxygen atoms in total. The largest absolute Gasteiger partial charge is 0.341 e. The van der Waals surface area contributed by atoms with Gasteiger partial charge in [-0.3, -0.25) is 0 Å². The number of benzene rings is 2. The van der Waals surface area contributed by atoms with Gasteiger partial charge >= 0.3 is 0 Å². The van der Waals surface area contributed by atoms with Gasteiger partial charge in [0.25, 0.3) is 0 Å². The topological polar surface area (TPSA) is 78.3 Å². The molecule has 0 aliphatic carbocycles. The van der Waals surface area contributed by atoms with Crippen LogP contribution in [0, 0.1) is 0 Å². The minimum atomic E-state index is 0.346. The number of nitrogens with zero attached hydrogens (tertiary/aromatic N) is 5. The Morgan fingerprint density at radius 2 is 1.63 bits per heavy atom. The second-order valence-electron chi connectivity index (χ2n) is 6.83. The smallest absolute Gasteiger partial charge is 0.250 e. The number of halogens is 2. The standard InChI is InChI=1S/C21H21Cl2N7/c22-17-11-7-8-15(18(17)23)14-24-29-20-26-19(25-16-9-3-1-4-10-16)27-21(28-20)30-12-5-2-6-13-30/h1,3-4,7-11,14H,2,5-6,12-13H2,(H2,25,26,27,28,29). The molecule has 1 aliphatic heterocycles. The van der Waals surface area contributed by atoms with Crippen molar-refractivity contribution in [3.8, 4) is 0 Å². The summed E-state index contributed by atoms with van der Waals surface area (Å²) in [6, 6.07) is 15.1. The summed E-state index contributed by atoms with van der Waals surface area (Å²) < 4.78 is 0. The summed E-state index contributed by atoms with van der Waals surface area (Å²) in [7, 11) is 0. The van der Waals surface area contributed by atoms with Crippen LogP contribution in [-0.4, -0.2) is 34.3 Å². The van der Waals surface area contributed by atoms with Crippen LogP contribution in [0.25, 0.3) is 0 Å². The first-order valence-electron chi connectivity index (χ1n) is 9.75. The number of piperidine rings is 1. The lowest BCUT2D eigenvalue weighted by Crippen LogP contribution is -2.31. The van der Waals surface area contributed by atoms with E-state index in [9.17, 15) is 0 Å². The van der Waals surface area contributed by atoms with Gasteiger partial charge in [0.15, 0.2) is 0 Å². The summed E-state index contributed by atoms with van der Waals surface area (Å²) in [5.41, 5.74) is 4.48. The fourth-order valence-corrected chi connectivity index (χ4v) is 3.49. The third kappa shape index (κ3) is 5.17. The molecule has 30 heavy (non-hydrogen) atoms. The molecule has 1 aliphatic rings. The molecule has 154 valence electrons. The van der Waals surface area contributed by atoms with Crippen LogP contribution < -0.4 is 15.6 Å². The molecule has 0 unspecified atom stereocenters. The molecule has 2 aromatic carbocycles. The van der Waals surface area contributed by atoms with E-state index in [4.69, 9.17) is 23.2 Å². The van der Waals surface area contributed by atoms with Crippen molar-refractivity contribution in [2.75, 3.05) is 28.7 Å². The minimum Gasteiger partial charge on any atom is -0.341 e. The summed E-state index contributed by atoms with van der Waals surface area (Å²) in [6.07, 6.45) is 5.07. The highest BCUT2D eigenvalue weighted by molar-refractivity contribution is 6.43. The number of aromatic nitrogens is 3. The molecule has 1 fully saturated rings. The van der Waals surface area contributed by atoms with Gasteiger partial charge < -0.3 is 10.2 Å². The zero-order valence-corrected chi connectivity index (χ0v) is 17.7. The van der Waals surface area contributed by atoms with Crippen molar-refractivity contribution in [2.24, 2.45) is 5.10 Å². The van der Waals surface area contributed by atoms with E-state index in [2.05, 4.69) is 35.7 Å². The molecule has 2 heterocycles. The van der Waals surface area contributed by atoms with Crippen LogP contribution in [0.2, 0.25) is 10.0 Å². The Morgan fingerprint density at radius 3 is 2.43 bits per heavy atom. The lowest BCUT2D eigenvalue weighted by Gasteiger charge is -2.26. The maximum Gasteiger partial charge on any atom is 0.250 e. The normalized spacial score (nSPS) is 14.1. The van der Waals surface area contributed by atoms with Crippen LogP contribution in [-0.2, 0) is 0 Å². The molecule has 0 saturated carbocycles. The number of hydrazone groups is 1. The zero-order chi connectivity index (χ0) is 20.8.